The first-order chi connectivity index (χ1) is 16.7. The van der Waals surface area contributed by atoms with Gasteiger partial charge in [0, 0.05) is 22.5 Å². The van der Waals surface area contributed by atoms with Crippen molar-refractivity contribution in [3.63, 3.8) is 0 Å². The molecule has 0 spiro atoms. The Kier molecular flexibility index (Phi) is 7.80. The fraction of sp³-hybridized carbons (Fsp3) is 0.320. The molecule has 10 heteroatoms. The maximum absolute atomic E-state index is 14.1. The molecule has 0 fully saturated rings. The summed E-state index contributed by atoms with van der Waals surface area (Å²) in [5.41, 5.74) is 0.947. The maximum Gasteiger partial charge on any atom is 0.243 e. The number of rotatable bonds is 8. The predicted octanol–water partition coefficient (Wildman–Crippen LogP) is 5.14. The lowest BCUT2D eigenvalue weighted by Gasteiger charge is -2.37. The number of hydrogen-bond acceptors (Lipinski definition) is 5. The summed E-state index contributed by atoms with van der Waals surface area (Å²) in [6, 6.07) is 13.0. The van der Waals surface area contributed by atoms with E-state index in [9.17, 15) is 17.6 Å². The van der Waals surface area contributed by atoms with Crippen LogP contribution in [0.2, 0.25) is 5.02 Å². The molecule has 0 bridgehead atoms. The highest BCUT2D eigenvalue weighted by molar-refractivity contribution is 7.89. The van der Waals surface area contributed by atoms with Gasteiger partial charge in [0.2, 0.25) is 15.9 Å². The molecule has 1 atom stereocenters. The van der Waals surface area contributed by atoms with E-state index in [1.807, 2.05) is 11.4 Å². The second-order valence-corrected chi connectivity index (χ2v) is 11.8. The number of sulfonamides is 1. The Bertz CT molecular complexity index is 1290. The van der Waals surface area contributed by atoms with Crippen LogP contribution in [0.5, 0.6) is 5.75 Å². The molecule has 0 saturated heterocycles. The Hall–Kier alpha value is -2.46. The normalized spacial score (nSPS) is 15.9. The first-order valence-electron chi connectivity index (χ1n) is 11.2. The van der Waals surface area contributed by atoms with Gasteiger partial charge in [0.25, 0.3) is 0 Å². The first-order valence-corrected chi connectivity index (χ1v) is 13.9. The van der Waals surface area contributed by atoms with Crippen molar-refractivity contribution in [1.29, 1.82) is 0 Å². The molecule has 2 heterocycles. The molecule has 1 aromatic heterocycles. The molecule has 6 nitrogen and oxygen atoms in total. The van der Waals surface area contributed by atoms with E-state index < -0.39 is 27.9 Å². The monoisotopic (exact) mass is 536 g/mol. The molecular formula is C25H26ClFN2O4S2. The van der Waals surface area contributed by atoms with Gasteiger partial charge in [0.15, 0.2) is 11.6 Å². The first kappa shape index (κ1) is 25.6. The molecule has 0 radical (unpaired) electrons. The quantitative estimate of drug-likeness (QED) is 0.399. The molecule has 1 aliphatic heterocycles. The molecule has 2 aromatic carbocycles. The van der Waals surface area contributed by atoms with Crippen molar-refractivity contribution in [2.24, 2.45) is 0 Å². The predicted molar refractivity (Wildman–Crippen MR) is 135 cm³/mol. The van der Waals surface area contributed by atoms with Crippen LogP contribution in [0.4, 0.5) is 4.39 Å². The standard InChI is InChI=1S/C25H26ClFN2O4S2/c1-17(2)29(35(31,32)19-9-7-18(26)8-10-19)15-25(30)28-13-11-24-20(12-14-34-24)22(28)16-33-23-6-4-3-5-21(23)27/h3-10,12,14,17,22H,11,13,15-16H2,1-2H3. The zero-order valence-corrected chi connectivity index (χ0v) is 21.7. The minimum absolute atomic E-state index is 0.0576. The second kappa shape index (κ2) is 10.7. The molecule has 4 rings (SSSR count). The van der Waals surface area contributed by atoms with Gasteiger partial charge in [0.1, 0.15) is 6.61 Å². The molecular weight excluding hydrogens is 511 g/mol. The van der Waals surface area contributed by atoms with E-state index in [1.165, 1.54) is 40.7 Å². The zero-order chi connectivity index (χ0) is 25.2. The number of carbonyl (C=O) groups is 1. The van der Waals surface area contributed by atoms with Crippen molar-refractivity contribution in [2.75, 3.05) is 19.7 Å². The lowest BCUT2D eigenvalue weighted by molar-refractivity contribution is -0.135. The Morgan fingerprint density at radius 2 is 1.91 bits per heavy atom. The van der Waals surface area contributed by atoms with E-state index in [2.05, 4.69) is 0 Å². The SMILES string of the molecule is CC(C)N(CC(=O)N1CCc2sccc2C1COc1ccccc1F)S(=O)(=O)c1ccc(Cl)cc1. The average Bonchev–Trinajstić information content (AvgIpc) is 3.31. The van der Waals surface area contributed by atoms with Gasteiger partial charge in [-0.3, -0.25) is 4.79 Å². The highest BCUT2D eigenvalue weighted by atomic mass is 35.5. The Balaban J connectivity index is 1.58. The number of carbonyl (C=O) groups excluding carboxylic acids is 1. The summed E-state index contributed by atoms with van der Waals surface area (Å²) < 4.78 is 47.8. The van der Waals surface area contributed by atoms with Crippen LogP contribution in [0.25, 0.3) is 0 Å². The van der Waals surface area contributed by atoms with Gasteiger partial charge in [-0.1, -0.05) is 23.7 Å². The Morgan fingerprint density at radius 3 is 2.60 bits per heavy atom. The summed E-state index contributed by atoms with van der Waals surface area (Å²) in [7, 11) is -3.93. The number of fused-ring (bicyclic) bond motifs is 1. The summed E-state index contributed by atoms with van der Waals surface area (Å²) >= 11 is 7.52. The molecule has 1 amide bonds. The highest BCUT2D eigenvalue weighted by Gasteiger charge is 2.36. The number of thiophene rings is 1. The van der Waals surface area contributed by atoms with Crippen LogP contribution in [0.3, 0.4) is 0 Å². The van der Waals surface area contributed by atoms with Gasteiger partial charge < -0.3 is 9.64 Å². The van der Waals surface area contributed by atoms with E-state index >= 15 is 0 Å². The van der Waals surface area contributed by atoms with Crippen LogP contribution in [0.15, 0.2) is 64.9 Å². The van der Waals surface area contributed by atoms with Gasteiger partial charge in [0.05, 0.1) is 17.5 Å². The summed E-state index contributed by atoms with van der Waals surface area (Å²) in [5, 5.41) is 2.38. The lowest BCUT2D eigenvalue weighted by atomic mass is 10.0. The number of para-hydroxylation sites is 1. The van der Waals surface area contributed by atoms with Gasteiger partial charge in [-0.25, -0.2) is 12.8 Å². The van der Waals surface area contributed by atoms with Gasteiger partial charge >= 0.3 is 0 Å². The number of ether oxygens (including phenoxy) is 1. The van der Waals surface area contributed by atoms with E-state index in [-0.39, 0.29) is 29.7 Å². The van der Waals surface area contributed by atoms with Crippen molar-refractivity contribution >= 4 is 38.9 Å². The fourth-order valence-electron chi connectivity index (χ4n) is 4.12. The van der Waals surface area contributed by atoms with Crippen molar-refractivity contribution in [2.45, 2.75) is 37.2 Å². The molecule has 186 valence electrons. The smallest absolute Gasteiger partial charge is 0.243 e. The fourth-order valence-corrected chi connectivity index (χ4v) is 6.76. The van der Waals surface area contributed by atoms with Crippen molar-refractivity contribution in [3.8, 4) is 5.75 Å². The van der Waals surface area contributed by atoms with Crippen molar-refractivity contribution in [3.05, 3.63) is 81.3 Å². The molecule has 0 N–H and O–H groups in total. The summed E-state index contributed by atoms with van der Waals surface area (Å²) in [4.78, 5) is 16.4. The third kappa shape index (κ3) is 5.53. The highest BCUT2D eigenvalue weighted by Crippen LogP contribution is 2.34. The molecule has 0 saturated carbocycles. The van der Waals surface area contributed by atoms with E-state index in [4.69, 9.17) is 16.3 Å². The van der Waals surface area contributed by atoms with Gasteiger partial charge in [-0.2, -0.15) is 4.31 Å². The van der Waals surface area contributed by atoms with E-state index in [0.717, 1.165) is 10.4 Å². The largest absolute Gasteiger partial charge is 0.488 e. The van der Waals surface area contributed by atoms with E-state index in [1.54, 1.807) is 42.2 Å². The summed E-state index contributed by atoms with van der Waals surface area (Å²) in [6.07, 6.45) is 0.667. The van der Waals surface area contributed by atoms with Gasteiger partial charge in [-0.05, 0) is 73.7 Å². The second-order valence-electron chi connectivity index (χ2n) is 8.49. The topological polar surface area (TPSA) is 66.9 Å². The Morgan fingerprint density at radius 1 is 1.20 bits per heavy atom. The number of benzene rings is 2. The number of hydrogen-bond donors (Lipinski definition) is 0. The molecule has 0 aliphatic carbocycles. The van der Waals surface area contributed by atoms with Crippen LogP contribution < -0.4 is 4.74 Å². The average molecular weight is 537 g/mol. The van der Waals surface area contributed by atoms with Crippen molar-refractivity contribution < 1.29 is 22.3 Å². The van der Waals surface area contributed by atoms with Crippen LogP contribution in [0, 0.1) is 5.82 Å². The molecule has 1 unspecified atom stereocenters. The molecule has 1 aliphatic rings. The maximum atomic E-state index is 14.1. The third-order valence-corrected chi connectivity index (χ3v) is 9.22. The molecule has 35 heavy (non-hydrogen) atoms. The minimum atomic E-state index is -3.93. The van der Waals surface area contributed by atoms with Crippen LogP contribution in [-0.4, -0.2) is 49.3 Å². The summed E-state index contributed by atoms with van der Waals surface area (Å²) in [5.74, 6) is -0.710. The third-order valence-electron chi connectivity index (χ3n) is 5.94. The van der Waals surface area contributed by atoms with Crippen molar-refractivity contribution in [1.82, 2.24) is 9.21 Å². The summed E-state index contributed by atoms with van der Waals surface area (Å²) in [6.45, 7) is 3.62. The Labute approximate surface area is 213 Å². The number of halogens is 2. The number of nitrogens with zero attached hydrogens (tertiary/aromatic N) is 2. The zero-order valence-electron chi connectivity index (χ0n) is 19.4. The van der Waals surface area contributed by atoms with Gasteiger partial charge in [-0.15, -0.1) is 11.3 Å². The van der Waals surface area contributed by atoms with Crippen LogP contribution >= 0.6 is 22.9 Å². The van der Waals surface area contributed by atoms with Crippen LogP contribution in [-0.2, 0) is 21.2 Å². The molecule has 3 aromatic rings. The lowest BCUT2D eigenvalue weighted by Crippen LogP contribution is -2.49. The minimum Gasteiger partial charge on any atom is -0.488 e. The van der Waals surface area contributed by atoms with E-state index in [0.29, 0.717) is 18.0 Å². The number of amides is 1. The van der Waals surface area contributed by atoms with Crippen LogP contribution in [0.1, 0.15) is 30.3 Å².